The predicted octanol–water partition coefficient (Wildman–Crippen LogP) is 1.04. The van der Waals surface area contributed by atoms with E-state index in [1.807, 2.05) is 4.57 Å². The number of hydrogen-bond acceptors (Lipinski definition) is 3. The van der Waals surface area contributed by atoms with Gasteiger partial charge in [-0.15, -0.1) is 0 Å². The Morgan fingerprint density at radius 1 is 1.53 bits per heavy atom. The number of rotatable bonds is 6. The van der Waals surface area contributed by atoms with Crippen molar-refractivity contribution < 1.29 is 19.8 Å². The van der Waals surface area contributed by atoms with E-state index < -0.39 is 12.1 Å². The van der Waals surface area contributed by atoms with Crippen LogP contribution in [0.5, 0.6) is 0 Å². The number of halogens is 1. The summed E-state index contributed by atoms with van der Waals surface area (Å²) in [4.78, 5) is 22.4. The molecule has 1 atom stereocenters. The van der Waals surface area contributed by atoms with Crippen LogP contribution >= 0.6 is 11.6 Å². The van der Waals surface area contributed by atoms with Crippen LogP contribution in [-0.4, -0.2) is 39.3 Å². The maximum atomic E-state index is 11.9. The molecule has 1 heterocycles. The standard InChI is InChI=1S/C12H15ClN2O4/c13-7-5-9(15(6-7)8-1-2-8)11(17)14-4-3-10(16)12(18)19/h5-6,8,10,16H,1-4H2,(H,14,17)(H,18,19)/t10-/m0/s1. The molecular formula is C12H15ClN2O4. The van der Waals surface area contributed by atoms with Gasteiger partial charge in [0.15, 0.2) is 6.10 Å². The van der Waals surface area contributed by atoms with Crippen molar-refractivity contribution in [1.82, 2.24) is 9.88 Å². The fourth-order valence-electron chi connectivity index (χ4n) is 1.82. The molecule has 19 heavy (non-hydrogen) atoms. The summed E-state index contributed by atoms with van der Waals surface area (Å²) in [5.74, 6) is -1.60. The molecule has 3 N–H and O–H groups in total. The van der Waals surface area contributed by atoms with E-state index in [-0.39, 0.29) is 18.9 Å². The molecule has 6 nitrogen and oxygen atoms in total. The molecule has 1 aliphatic rings. The Labute approximate surface area is 115 Å². The number of carboxylic acid groups (broad SMARTS) is 1. The van der Waals surface area contributed by atoms with Crippen molar-refractivity contribution in [2.75, 3.05) is 6.54 Å². The van der Waals surface area contributed by atoms with Gasteiger partial charge in [-0.1, -0.05) is 11.6 Å². The molecule has 1 aromatic rings. The summed E-state index contributed by atoms with van der Waals surface area (Å²) in [7, 11) is 0. The number of aliphatic hydroxyl groups excluding tert-OH is 1. The summed E-state index contributed by atoms with van der Waals surface area (Å²) in [6.45, 7) is 0.0970. The Hall–Kier alpha value is -1.53. The summed E-state index contributed by atoms with van der Waals surface area (Å²) in [5.41, 5.74) is 0.470. The number of aliphatic hydroxyl groups is 1. The van der Waals surface area contributed by atoms with Gasteiger partial charge in [-0.25, -0.2) is 4.79 Å². The number of carboxylic acids is 1. The van der Waals surface area contributed by atoms with Crippen molar-refractivity contribution in [3.05, 3.63) is 23.0 Å². The minimum Gasteiger partial charge on any atom is -0.479 e. The number of aromatic nitrogens is 1. The second kappa shape index (κ2) is 5.63. The van der Waals surface area contributed by atoms with Gasteiger partial charge in [0, 0.05) is 25.2 Å². The van der Waals surface area contributed by atoms with Crippen LogP contribution in [0.4, 0.5) is 0 Å². The Morgan fingerprint density at radius 2 is 2.21 bits per heavy atom. The van der Waals surface area contributed by atoms with Crippen molar-refractivity contribution in [3.63, 3.8) is 0 Å². The SMILES string of the molecule is O=C(NCC[C@H](O)C(=O)O)c1cc(Cl)cn1C1CC1. The number of carbonyl (C=O) groups excluding carboxylic acids is 1. The van der Waals surface area contributed by atoms with Gasteiger partial charge in [-0.3, -0.25) is 4.79 Å². The molecule has 1 aliphatic carbocycles. The summed E-state index contributed by atoms with van der Waals surface area (Å²) in [6.07, 6.45) is 2.30. The molecule has 0 unspecified atom stereocenters. The minimum absolute atomic E-state index is 0.0288. The largest absolute Gasteiger partial charge is 0.479 e. The Balaban J connectivity index is 1.91. The van der Waals surface area contributed by atoms with E-state index in [9.17, 15) is 9.59 Å². The van der Waals surface area contributed by atoms with Crippen LogP contribution in [-0.2, 0) is 4.79 Å². The smallest absolute Gasteiger partial charge is 0.332 e. The molecule has 1 amide bonds. The quantitative estimate of drug-likeness (QED) is 0.729. The van der Waals surface area contributed by atoms with Crippen molar-refractivity contribution >= 4 is 23.5 Å². The second-order valence-electron chi connectivity index (χ2n) is 4.58. The first kappa shape index (κ1) is 13.9. The average molecular weight is 287 g/mol. The zero-order chi connectivity index (χ0) is 14.0. The lowest BCUT2D eigenvalue weighted by Gasteiger charge is -2.09. The van der Waals surface area contributed by atoms with Crippen LogP contribution in [0.15, 0.2) is 12.3 Å². The van der Waals surface area contributed by atoms with E-state index in [0.29, 0.717) is 16.8 Å². The van der Waals surface area contributed by atoms with Crippen LogP contribution in [0.3, 0.4) is 0 Å². The van der Waals surface area contributed by atoms with Gasteiger partial charge < -0.3 is 20.1 Å². The lowest BCUT2D eigenvalue weighted by Crippen LogP contribution is -2.31. The topological polar surface area (TPSA) is 91.6 Å². The molecule has 1 fully saturated rings. The third-order valence-corrected chi connectivity index (χ3v) is 3.18. The molecule has 0 spiro atoms. The highest BCUT2D eigenvalue weighted by molar-refractivity contribution is 6.31. The number of amides is 1. The molecule has 1 aromatic heterocycles. The first-order valence-electron chi connectivity index (χ1n) is 6.05. The molecule has 0 aliphatic heterocycles. The molecule has 0 saturated heterocycles. The van der Waals surface area contributed by atoms with Gasteiger partial charge in [0.25, 0.3) is 5.91 Å². The highest BCUT2D eigenvalue weighted by atomic mass is 35.5. The molecule has 0 bridgehead atoms. The first-order valence-corrected chi connectivity index (χ1v) is 6.43. The third-order valence-electron chi connectivity index (χ3n) is 2.98. The maximum Gasteiger partial charge on any atom is 0.332 e. The molecular weight excluding hydrogens is 272 g/mol. The van der Waals surface area contributed by atoms with Crippen molar-refractivity contribution in [2.45, 2.75) is 31.4 Å². The molecule has 0 aromatic carbocycles. The highest BCUT2D eigenvalue weighted by Crippen LogP contribution is 2.37. The van der Waals surface area contributed by atoms with Crippen molar-refractivity contribution in [2.24, 2.45) is 0 Å². The van der Waals surface area contributed by atoms with E-state index >= 15 is 0 Å². The third kappa shape index (κ3) is 3.48. The number of nitrogens with zero attached hydrogens (tertiary/aromatic N) is 1. The fourth-order valence-corrected chi connectivity index (χ4v) is 2.03. The van der Waals surface area contributed by atoms with Crippen LogP contribution in [0, 0.1) is 0 Å². The lowest BCUT2D eigenvalue weighted by molar-refractivity contribution is -0.146. The number of hydrogen-bond donors (Lipinski definition) is 3. The van der Waals surface area contributed by atoms with Crippen LogP contribution < -0.4 is 5.32 Å². The predicted molar refractivity (Wildman–Crippen MR) is 68.3 cm³/mol. The van der Waals surface area contributed by atoms with Gasteiger partial charge in [0.05, 0.1) is 5.02 Å². The number of carbonyl (C=O) groups is 2. The average Bonchev–Trinajstić information content (AvgIpc) is 3.12. The first-order chi connectivity index (χ1) is 8.99. The zero-order valence-electron chi connectivity index (χ0n) is 10.2. The Bertz CT molecular complexity index is 496. The molecule has 7 heteroatoms. The van der Waals surface area contributed by atoms with Crippen LogP contribution in [0.2, 0.25) is 5.02 Å². The van der Waals surface area contributed by atoms with E-state index in [2.05, 4.69) is 5.32 Å². The monoisotopic (exact) mass is 286 g/mol. The Kier molecular flexibility index (Phi) is 4.11. The van der Waals surface area contributed by atoms with Crippen LogP contribution in [0.1, 0.15) is 35.8 Å². The number of aliphatic carboxylic acids is 1. The molecule has 104 valence electrons. The molecule has 0 radical (unpaired) electrons. The maximum absolute atomic E-state index is 11.9. The molecule has 2 rings (SSSR count). The Morgan fingerprint density at radius 3 is 2.79 bits per heavy atom. The fraction of sp³-hybridized carbons (Fsp3) is 0.500. The van der Waals surface area contributed by atoms with E-state index in [0.717, 1.165) is 12.8 Å². The summed E-state index contributed by atoms with van der Waals surface area (Å²) in [5, 5.41) is 20.7. The summed E-state index contributed by atoms with van der Waals surface area (Å²) in [6, 6.07) is 1.92. The zero-order valence-corrected chi connectivity index (χ0v) is 10.9. The van der Waals surface area contributed by atoms with Crippen LogP contribution in [0.25, 0.3) is 0 Å². The van der Waals surface area contributed by atoms with E-state index in [1.165, 1.54) is 0 Å². The second-order valence-corrected chi connectivity index (χ2v) is 5.02. The van der Waals surface area contributed by atoms with Crippen molar-refractivity contribution in [3.8, 4) is 0 Å². The highest BCUT2D eigenvalue weighted by Gasteiger charge is 2.27. The van der Waals surface area contributed by atoms with Gasteiger partial charge in [0.1, 0.15) is 5.69 Å². The summed E-state index contributed by atoms with van der Waals surface area (Å²) >= 11 is 5.89. The van der Waals surface area contributed by atoms with E-state index in [1.54, 1.807) is 12.3 Å². The normalized spacial score (nSPS) is 16.1. The minimum atomic E-state index is -1.46. The number of nitrogens with one attached hydrogen (secondary N) is 1. The van der Waals surface area contributed by atoms with Gasteiger partial charge in [-0.05, 0) is 18.9 Å². The summed E-state index contributed by atoms with van der Waals surface area (Å²) < 4.78 is 1.84. The van der Waals surface area contributed by atoms with Gasteiger partial charge in [-0.2, -0.15) is 0 Å². The molecule has 1 saturated carbocycles. The lowest BCUT2D eigenvalue weighted by atomic mass is 10.2. The van der Waals surface area contributed by atoms with Gasteiger partial charge >= 0.3 is 5.97 Å². The van der Waals surface area contributed by atoms with Crippen molar-refractivity contribution in [1.29, 1.82) is 0 Å². The van der Waals surface area contributed by atoms with E-state index in [4.69, 9.17) is 21.8 Å². The van der Waals surface area contributed by atoms with Gasteiger partial charge in [0.2, 0.25) is 0 Å².